The Morgan fingerprint density at radius 2 is 2.22 bits per heavy atom. The van der Waals surface area contributed by atoms with Crippen LogP contribution in [0.1, 0.15) is 4.88 Å². The number of carbonyl (C=O) groups excluding carboxylic acids is 1. The summed E-state index contributed by atoms with van der Waals surface area (Å²) in [5, 5.41) is 5.41. The highest BCUT2D eigenvalue weighted by Crippen LogP contribution is 2.21. The molecule has 0 unspecified atom stereocenters. The molecule has 0 saturated heterocycles. The van der Waals surface area contributed by atoms with Gasteiger partial charge in [-0.05, 0) is 30.7 Å². The topological polar surface area (TPSA) is 54.0 Å². The Morgan fingerprint density at radius 3 is 2.89 bits per heavy atom. The predicted molar refractivity (Wildman–Crippen MR) is 74.3 cm³/mol. The molecule has 0 atom stereocenters. The zero-order valence-corrected chi connectivity index (χ0v) is 11.1. The highest BCUT2D eigenvalue weighted by molar-refractivity contribution is 7.16. The largest absolute Gasteiger partial charge is 0.337 e. The second-order valence-corrected chi connectivity index (χ2v) is 5.35. The van der Waals surface area contributed by atoms with Gasteiger partial charge in [0.1, 0.15) is 5.82 Å². The fraction of sp³-hybridized carbons (Fsp3) is 0.167. The second kappa shape index (κ2) is 6.37. The zero-order chi connectivity index (χ0) is 12.8. The van der Waals surface area contributed by atoms with Crippen LogP contribution in [0.15, 0.2) is 36.5 Å². The number of nitrogens with one attached hydrogen (secondary N) is 2. The Hall–Kier alpha value is -1.59. The van der Waals surface area contributed by atoms with E-state index in [1.807, 2.05) is 18.2 Å². The molecule has 94 valence electrons. The van der Waals surface area contributed by atoms with Crippen molar-refractivity contribution in [1.29, 1.82) is 0 Å². The van der Waals surface area contributed by atoms with Gasteiger partial charge < -0.3 is 5.32 Å². The maximum absolute atomic E-state index is 11.5. The maximum Gasteiger partial charge on any atom is 0.320 e. The fourth-order valence-electron chi connectivity index (χ4n) is 1.38. The summed E-state index contributed by atoms with van der Waals surface area (Å²) < 4.78 is 0.767. The minimum Gasteiger partial charge on any atom is -0.337 e. The summed E-state index contributed by atoms with van der Waals surface area (Å²) in [6.45, 7) is 0.565. The van der Waals surface area contributed by atoms with Crippen molar-refractivity contribution in [1.82, 2.24) is 10.3 Å². The second-order valence-electron chi connectivity index (χ2n) is 3.55. The van der Waals surface area contributed by atoms with Gasteiger partial charge in [-0.1, -0.05) is 17.7 Å². The number of pyridine rings is 1. The van der Waals surface area contributed by atoms with E-state index in [0.29, 0.717) is 12.4 Å². The number of anilines is 1. The van der Waals surface area contributed by atoms with Gasteiger partial charge in [0.05, 0.1) is 4.34 Å². The van der Waals surface area contributed by atoms with Gasteiger partial charge in [-0.2, -0.15) is 0 Å². The molecule has 0 fully saturated rings. The standard InChI is InChI=1S/C12H12ClN3OS/c13-10-5-4-9(18-10)6-8-15-12(17)16-11-3-1-2-7-14-11/h1-5,7H,6,8H2,(H2,14,15,16,17). The Bertz CT molecular complexity index is 515. The molecule has 2 heterocycles. The fourth-order valence-corrected chi connectivity index (χ4v) is 2.47. The lowest BCUT2D eigenvalue weighted by atomic mass is 10.3. The van der Waals surface area contributed by atoms with E-state index in [4.69, 9.17) is 11.6 Å². The average molecular weight is 282 g/mol. The minimum absolute atomic E-state index is 0.253. The van der Waals surface area contributed by atoms with Crippen LogP contribution in [0, 0.1) is 0 Å². The summed E-state index contributed by atoms with van der Waals surface area (Å²) in [7, 11) is 0. The Balaban J connectivity index is 1.72. The number of amides is 2. The molecule has 18 heavy (non-hydrogen) atoms. The van der Waals surface area contributed by atoms with E-state index in [0.717, 1.165) is 15.6 Å². The Labute approximate surface area is 114 Å². The lowest BCUT2D eigenvalue weighted by Crippen LogP contribution is -2.30. The van der Waals surface area contributed by atoms with Gasteiger partial charge >= 0.3 is 6.03 Å². The third-order valence-corrected chi connectivity index (χ3v) is 3.48. The molecular weight excluding hydrogens is 270 g/mol. The summed E-state index contributed by atoms with van der Waals surface area (Å²) in [5.41, 5.74) is 0. The first-order valence-corrected chi connectivity index (χ1v) is 6.63. The van der Waals surface area contributed by atoms with Gasteiger partial charge in [0.2, 0.25) is 0 Å². The van der Waals surface area contributed by atoms with Gasteiger partial charge in [-0.25, -0.2) is 9.78 Å². The predicted octanol–water partition coefficient (Wildman–Crippen LogP) is 3.16. The third kappa shape index (κ3) is 4.01. The zero-order valence-electron chi connectivity index (χ0n) is 9.52. The van der Waals surface area contributed by atoms with Crippen molar-refractivity contribution in [2.24, 2.45) is 0 Å². The summed E-state index contributed by atoms with van der Waals surface area (Å²) in [5.74, 6) is 0.536. The third-order valence-electron chi connectivity index (χ3n) is 2.19. The van der Waals surface area contributed by atoms with Crippen LogP contribution < -0.4 is 10.6 Å². The van der Waals surface area contributed by atoms with Crippen molar-refractivity contribution < 1.29 is 4.79 Å². The molecule has 4 nitrogen and oxygen atoms in total. The van der Waals surface area contributed by atoms with E-state index in [1.54, 1.807) is 18.3 Å². The molecule has 0 spiro atoms. The average Bonchev–Trinajstić information content (AvgIpc) is 2.76. The highest BCUT2D eigenvalue weighted by atomic mass is 35.5. The number of halogens is 1. The Kier molecular flexibility index (Phi) is 4.55. The van der Waals surface area contributed by atoms with Crippen LogP contribution in [-0.4, -0.2) is 17.6 Å². The van der Waals surface area contributed by atoms with Crippen LogP contribution in [0.25, 0.3) is 0 Å². The summed E-state index contributed by atoms with van der Waals surface area (Å²) in [6.07, 6.45) is 2.40. The van der Waals surface area contributed by atoms with Gasteiger partial charge in [0.25, 0.3) is 0 Å². The first-order valence-electron chi connectivity index (χ1n) is 5.44. The van der Waals surface area contributed by atoms with Gasteiger partial charge in [-0.15, -0.1) is 11.3 Å². The van der Waals surface area contributed by atoms with E-state index < -0.39 is 0 Å². The molecule has 2 aromatic rings. The normalized spacial score (nSPS) is 10.1. The van der Waals surface area contributed by atoms with Crippen LogP contribution >= 0.6 is 22.9 Å². The first kappa shape index (κ1) is 12.9. The number of nitrogens with zero attached hydrogens (tertiary/aromatic N) is 1. The van der Waals surface area contributed by atoms with E-state index in [1.165, 1.54) is 11.3 Å². The molecular formula is C12H12ClN3OS. The number of urea groups is 1. The first-order chi connectivity index (χ1) is 8.74. The van der Waals surface area contributed by atoms with Crippen LogP contribution in [-0.2, 0) is 6.42 Å². The number of thiophene rings is 1. The molecule has 6 heteroatoms. The van der Waals surface area contributed by atoms with Crippen LogP contribution in [0.3, 0.4) is 0 Å². The molecule has 0 aliphatic rings. The summed E-state index contributed by atoms with van der Waals surface area (Å²) in [4.78, 5) is 16.7. The van der Waals surface area contributed by atoms with Crippen LogP contribution in [0.2, 0.25) is 4.34 Å². The number of rotatable bonds is 4. The van der Waals surface area contributed by atoms with E-state index in [9.17, 15) is 4.79 Å². The summed E-state index contributed by atoms with van der Waals surface area (Å²) >= 11 is 7.34. The molecule has 0 bridgehead atoms. The quantitative estimate of drug-likeness (QED) is 0.904. The molecule has 0 radical (unpaired) electrons. The monoisotopic (exact) mass is 281 g/mol. The molecule has 0 saturated carbocycles. The molecule has 2 amide bonds. The van der Waals surface area contributed by atoms with Gasteiger partial charge in [0, 0.05) is 17.6 Å². The summed E-state index contributed by atoms with van der Waals surface area (Å²) in [6, 6.07) is 8.91. The molecule has 2 rings (SSSR count). The van der Waals surface area contributed by atoms with Crippen LogP contribution in [0.5, 0.6) is 0 Å². The Morgan fingerprint density at radius 1 is 1.33 bits per heavy atom. The van der Waals surface area contributed by atoms with E-state index in [-0.39, 0.29) is 6.03 Å². The van der Waals surface area contributed by atoms with Crippen molar-refractivity contribution in [3.63, 3.8) is 0 Å². The maximum atomic E-state index is 11.5. The minimum atomic E-state index is -0.253. The SMILES string of the molecule is O=C(NCCc1ccc(Cl)s1)Nc1ccccn1. The van der Waals surface area contributed by atoms with Crippen molar-refractivity contribution >= 4 is 34.8 Å². The van der Waals surface area contributed by atoms with E-state index in [2.05, 4.69) is 15.6 Å². The smallest absolute Gasteiger partial charge is 0.320 e. The van der Waals surface area contributed by atoms with E-state index >= 15 is 0 Å². The van der Waals surface area contributed by atoms with Crippen LogP contribution in [0.4, 0.5) is 10.6 Å². The number of hydrogen-bond acceptors (Lipinski definition) is 3. The lowest BCUT2D eigenvalue weighted by molar-refractivity contribution is 0.252. The molecule has 0 aliphatic heterocycles. The molecule has 2 aromatic heterocycles. The molecule has 2 N–H and O–H groups in total. The number of hydrogen-bond donors (Lipinski definition) is 2. The van der Waals surface area contributed by atoms with Crippen molar-refractivity contribution in [3.05, 3.63) is 45.7 Å². The molecule has 0 aliphatic carbocycles. The lowest BCUT2D eigenvalue weighted by Gasteiger charge is -2.05. The highest BCUT2D eigenvalue weighted by Gasteiger charge is 2.02. The number of carbonyl (C=O) groups is 1. The van der Waals surface area contributed by atoms with Gasteiger partial charge in [0.15, 0.2) is 0 Å². The number of aromatic nitrogens is 1. The van der Waals surface area contributed by atoms with Crippen molar-refractivity contribution in [2.75, 3.05) is 11.9 Å². The van der Waals surface area contributed by atoms with Crippen molar-refractivity contribution in [2.45, 2.75) is 6.42 Å². The molecule has 0 aromatic carbocycles. The van der Waals surface area contributed by atoms with Crippen molar-refractivity contribution in [3.8, 4) is 0 Å². The van der Waals surface area contributed by atoms with Gasteiger partial charge in [-0.3, -0.25) is 5.32 Å².